The van der Waals surface area contributed by atoms with Gasteiger partial charge in [0.15, 0.2) is 0 Å². The van der Waals surface area contributed by atoms with E-state index >= 15 is 0 Å². The Morgan fingerprint density at radius 1 is 1.15 bits per heavy atom. The summed E-state index contributed by atoms with van der Waals surface area (Å²) in [4.78, 5) is 6.61. The SMILES string of the molecule is COc1ccc(CN2CCc3sccc3C2C)cc1CN1CCOCC1. The van der Waals surface area contributed by atoms with E-state index in [1.165, 1.54) is 23.1 Å². The van der Waals surface area contributed by atoms with Crippen molar-refractivity contribution in [3.05, 3.63) is 51.2 Å². The Labute approximate surface area is 160 Å². The third-order valence-corrected chi connectivity index (χ3v) is 6.63. The van der Waals surface area contributed by atoms with Crippen LogP contribution in [0.5, 0.6) is 5.75 Å². The second-order valence-corrected chi connectivity index (χ2v) is 8.23. The van der Waals surface area contributed by atoms with E-state index in [2.05, 4.69) is 46.4 Å². The van der Waals surface area contributed by atoms with Crippen LogP contribution >= 0.6 is 11.3 Å². The maximum absolute atomic E-state index is 5.62. The highest BCUT2D eigenvalue weighted by atomic mass is 32.1. The normalized spacial score (nSPS) is 21.5. The number of benzene rings is 1. The molecule has 1 atom stereocenters. The average Bonchev–Trinajstić information content (AvgIpc) is 3.15. The fourth-order valence-electron chi connectivity index (χ4n) is 4.07. The Kier molecular flexibility index (Phi) is 5.60. The summed E-state index contributed by atoms with van der Waals surface area (Å²) < 4.78 is 11.1. The molecule has 2 aliphatic rings. The Balaban J connectivity index is 1.49. The molecule has 3 heterocycles. The molecular formula is C21H28N2O2S. The van der Waals surface area contributed by atoms with Crippen molar-refractivity contribution in [3.63, 3.8) is 0 Å². The molecule has 1 fully saturated rings. The number of rotatable bonds is 5. The van der Waals surface area contributed by atoms with Crippen LogP contribution in [0.1, 0.15) is 34.5 Å². The molecule has 4 nitrogen and oxygen atoms in total. The summed E-state index contributed by atoms with van der Waals surface area (Å²) in [5.41, 5.74) is 4.18. The largest absolute Gasteiger partial charge is 0.496 e. The van der Waals surface area contributed by atoms with Crippen molar-refractivity contribution in [2.24, 2.45) is 0 Å². The Hall–Kier alpha value is -1.40. The van der Waals surface area contributed by atoms with Crippen LogP contribution in [0.25, 0.3) is 0 Å². The predicted octanol–water partition coefficient (Wildman–Crippen LogP) is 3.71. The van der Waals surface area contributed by atoms with E-state index in [0.29, 0.717) is 6.04 Å². The molecular weight excluding hydrogens is 344 g/mol. The number of morpholine rings is 1. The van der Waals surface area contributed by atoms with Gasteiger partial charge in [-0.25, -0.2) is 0 Å². The number of hydrogen-bond acceptors (Lipinski definition) is 5. The number of ether oxygens (including phenoxy) is 2. The zero-order valence-corrected chi connectivity index (χ0v) is 16.6. The first kappa shape index (κ1) is 18.0. The summed E-state index contributed by atoms with van der Waals surface area (Å²) in [6.07, 6.45) is 1.17. The van der Waals surface area contributed by atoms with E-state index < -0.39 is 0 Å². The van der Waals surface area contributed by atoms with Gasteiger partial charge in [-0.1, -0.05) is 6.07 Å². The zero-order valence-electron chi connectivity index (χ0n) is 15.7. The van der Waals surface area contributed by atoms with E-state index in [1.807, 2.05) is 11.3 Å². The summed E-state index contributed by atoms with van der Waals surface area (Å²) in [6, 6.07) is 9.49. The van der Waals surface area contributed by atoms with Crippen molar-refractivity contribution in [2.75, 3.05) is 40.0 Å². The van der Waals surface area contributed by atoms with E-state index in [4.69, 9.17) is 9.47 Å². The number of thiophene rings is 1. The third-order valence-electron chi connectivity index (χ3n) is 5.63. The quantitative estimate of drug-likeness (QED) is 0.799. The van der Waals surface area contributed by atoms with E-state index in [0.717, 1.165) is 51.7 Å². The van der Waals surface area contributed by atoms with Gasteiger partial charge in [0.1, 0.15) is 5.75 Å². The van der Waals surface area contributed by atoms with Crippen molar-refractivity contribution in [3.8, 4) is 5.75 Å². The molecule has 0 amide bonds. The third kappa shape index (κ3) is 3.81. The molecule has 1 saturated heterocycles. The van der Waals surface area contributed by atoms with Crippen molar-refractivity contribution in [1.82, 2.24) is 9.80 Å². The maximum atomic E-state index is 5.62. The van der Waals surface area contributed by atoms with Crippen molar-refractivity contribution in [1.29, 1.82) is 0 Å². The Morgan fingerprint density at radius 3 is 2.81 bits per heavy atom. The minimum absolute atomic E-state index is 0.495. The van der Waals surface area contributed by atoms with Gasteiger partial charge in [0.25, 0.3) is 0 Å². The number of methoxy groups -OCH3 is 1. The van der Waals surface area contributed by atoms with Crippen LogP contribution in [0.2, 0.25) is 0 Å². The lowest BCUT2D eigenvalue weighted by Gasteiger charge is -2.34. The Morgan fingerprint density at radius 2 is 2.00 bits per heavy atom. The van der Waals surface area contributed by atoms with Gasteiger partial charge in [-0.2, -0.15) is 0 Å². The van der Waals surface area contributed by atoms with Gasteiger partial charge in [-0.15, -0.1) is 11.3 Å². The van der Waals surface area contributed by atoms with Gasteiger partial charge in [0, 0.05) is 49.2 Å². The fraction of sp³-hybridized carbons (Fsp3) is 0.524. The molecule has 0 radical (unpaired) electrons. The monoisotopic (exact) mass is 372 g/mol. The highest BCUT2D eigenvalue weighted by Gasteiger charge is 2.25. The summed E-state index contributed by atoms with van der Waals surface area (Å²) in [5.74, 6) is 0.993. The molecule has 26 heavy (non-hydrogen) atoms. The molecule has 0 N–H and O–H groups in total. The first-order valence-corrected chi connectivity index (χ1v) is 10.4. The number of nitrogens with zero attached hydrogens (tertiary/aromatic N) is 2. The zero-order chi connectivity index (χ0) is 17.9. The smallest absolute Gasteiger partial charge is 0.123 e. The van der Waals surface area contributed by atoms with Crippen molar-refractivity contribution in [2.45, 2.75) is 32.5 Å². The topological polar surface area (TPSA) is 24.9 Å². The minimum Gasteiger partial charge on any atom is -0.496 e. The molecule has 0 spiro atoms. The molecule has 0 saturated carbocycles. The highest BCUT2D eigenvalue weighted by molar-refractivity contribution is 7.10. The lowest BCUT2D eigenvalue weighted by Crippen LogP contribution is -2.35. The molecule has 140 valence electrons. The molecule has 1 aromatic carbocycles. The second-order valence-electron chi connectivity index (χ2n) is 7.23. The first-order valence-electron chi connectivity index (χ1n) is 9.51. The summed E-state index contributed by atoms with van der Waals surface area (Å²) in [5, 5.41) is 2.23. The van der Waals surface area contributed by atoms with Crippen molar-refractivity contribution < 1.29 is 9.47 Å². The van der Waals surface area contributed by atoms with E-state index in [1.54, 1.807) is 12.0 Å². The molecule has 2 aromatic rings. The minimum atomic E-state index is 0.495. The second kappa shape index (κ2) is 8.09. The molecule has 1 unspecified atom stereocenters. The van der Waals surface area contributed by atoms with E-state index in [-0.39, 0.29) is 0 Å². The number of hydrogen-bond donors (Lipinski definition) is 0. The van der Waals surface area contributed by atoms with Gasteiger partial charge in [0.05, 0.1) is 20.3 Å². The average molecular weight is 373 g/mol. The number of fused-ring (bicyclic) bond motifs is 1. The predicted molar refractivity (Wildman–Crippen MR) is 106 cm³/mol. The van der Waals surface area contributed by atoms with Crippen molar-refractivity contribution >= 4 is 11.3 Å². The summed E-state index contributed by atoms with van der Waals surface area (Å²) in [6.45, 7) is 9.06. The van der Waals surface area contributed by atoms with Gasteiger partial charge >= 0.3 is 0 Å². The van der Waals surface area contributed by atoms with Gasteiger partial charge in [0.2, 0.25) is 0 Å². The van der Waals surface area contributed by atoms with Gasteiger partial charge in [-0.05, 0) is 48.1 Å². The highest BCUT2D eigenvalue weighted by Crippen LogP contribution is 2.34. The fourth-order valence-corrected chi connectivity index (χ4v) is 5.03. The van der Waals surface area contributed by atoms with Crippen LogP contribution < -0.4 is 4.74 Å². The molecule has 0 aliphatic carbocycles. The molecule has 5 heteroatoms. The summed E-state index contributed by atoms with van der Waals surface area (Å²) in [7, 11) is 1.77. The van der Waals surface area contributed by atoms with Gasteiger partial charge < -0.3 is 9.47 Å². The van der Waals surface area contributed by atoms with Crippen LogP contribution in [0.15, 0.2) is 29.6 Å². The van der Waals surface area contributed by atoms with Gasteiger partial charge in [-0.3, -0.25) is 9.80 Å². The van der Waals surface area contributed by atoms with Crippen LogP contribution in [0.4, 0.5) is 0 Å². The van der Waals surface area contributed by atoms with Crippen LogP contribution in [-0.4, -0.2) is 49.8 Å². The van der Waals surface area contributed by atoms with Crippen LogP contribution in [0.3, 0.4) is 0 Å². The Bertz CT molecular complexity index is 739. The molecule has 0 bridgehead atoms. The standard InChI is InChI=1S/C21H28N2O2S/c1-16-19-6-12-26-21(19)5-7-23(16)14-17-3-4-20(24-2)18(13-17)15-22-8-10-25-11-9-22/h3-4,6,12-13,16H,5,7-11,14-15H2,1-2H3. The maximum Gasteiger partial charge on any atom is 0.123 e. The van der Waals surface area contributed by atoms with E-state index in [9.17, 15) is 0 Å². The lowest BCUT2D eigenvalue weighted by atomic mass is 10.00. The molecule has 2 aliphatic heterocycles. The molecule has 4 rings (SSSR count). The van der Waals surface area contributed by atoms with Crippen LogP contribution in [-0.2, 0) is 24.2 Å². The summed E-state index contributed by atoms with van der Waals surface area (Å²) >= 11 is 1.91. The molecule has 1 aromatic heterocycles. The lowest BCUT2D eigenvalue weighted by molar-refractivity contribution is 0.0338. The van der Waals surface area contributed by atoms with Crippen LogP contribution in [0, 0.1) is 0 Å². The first-order chi connectivity index (χ1) is 12.7.